The molecule has 1 saturated heterocycles. The summed E-state index contributed by atoms with van der Waals surface area (Å²) in [6.45, 7) is 0.598. The molecule has 0 radical (unpaired) electrons. The number of hydrogen-bond acceptors (Lipinski definition) is 6. The van der Waals surface area contributed by atoms with E-state index in [9.17, 15) is 14.0 Å². The van der Waals surface area contributed by atoms with Gasteiger partial charge in [0, 0.05) is 12.2 Å². The van der Waals surface area contributed by atoms with E-state index in [1.165, 1.54) is 30.5 Å². The van der Waals surface area contributed by atoms with Crippen molar-refractivity contribution in [1.82, 2.24) is 15.1 Å². The molecule has 4 rings (SSSR count). The average Bonchev–Trinajstić information content (AvgIpc) is 3.42. The van der Waals surface area contributed by atoms with Crippen molar-refractivity contribution in [2.24, 2.45) is 0 Å². The Hall–Kier alpha value is -3.07. The van der Waals surface area contributed by atoms with E-state index in [0.29, 0.717) is 17.2 Å². The summed E-state index contributed by atoms with van der Waals surface area (Å²) in [7, 11) is 0. The molecule has 1 unspecified atom stereocenters. The van der Waals surface area contributed by atoms with Crippen molar-refractivity contribution in [3.63, 3.8) is 0 Å². The highest BCUT2D eigenvalue weighted by Crippen LogP contribution is 2.34. The van der Waals surface area contributed by atoms with Gasteiger partial charge in [0.1, 0.15) is 10.8 Å². The summed E-state index contributed by atoms with van der Waals surface area (Å²) in [4.78, 5) is 26.6. The zero-order valence-corrected chi connectivity index (χ0v) is 14.9. The molecule has 2 amide bonds. The first-order chi connectivity index (χ1) is 13.1. The van der Waals surface area contributed by atoms with E-state index < -0.39 is 5.91 Å². The number of hydrogen-bond donors (Lipinski definition) is 1. The minimum Gasteiger partial charge on any atom is -0.459 e. The molecule has 9 heteroatoms. The first-order valence-corrected chi connectivity index (χ1v) is 9.18. The van der Waals surface area contributed by atoms with E-state index in [0.717, 1.165) is 24.2 Å². The highest BCUT2D eigenvalue weighted by molar-refractivity contribution is 7.13. The first kappa shape index (κ1) is 17.3. The molecule has 1 atom stereocenters. The number of benzene rings is 1. The number of carbonyl (C=O) groups excluding carboxylic acids is 2. The highest BCUT2D eigenvalue weighted by atomic mass is 32.1. The summed E-state index contributed by atoms with van der Waals surface area (Å²) in [5.41, 5.74) is 0.466. The van der Waals surface area contributed by atoms with Gasteiger partial charge >= 0.3 is 0 Å². The molecule has 1 aromatic carbocycles. The van der Waals surface area contributed by atoms with E-state index in [2.05, 4.69) is 15.5 Å². The molecule has 27 heavy (non-hydrogen) atoms. The van der Waals surface area contributed by atoms with Gasteiger partial charge in [0.25, 0.3) is 11.8 Å². The number of aromatic nitrogens is 2. The third kappa shape index (κ3) is 3.59. The van der Waals surface area contributed by atoms with Gasteiger partial charge in [-0.15, -0.1) is 10.2 Å². The molecular weight excluding hydrogens is 371 g/mol. The Morgan fingerprint density at radius 1 is 1.22 bits per heavy atom. The Kier molecular flexibility index (Phi) is 4.68. The monoisotopic (exact) mass is 386 g/mol. The van der Waals surface area contributed by atoms with Crippen LogP contribution in [0, 0.1) is 5.82 Å². The maximum absolute atomic E-state index is 13.0. The fourth-order valence-corrected chi connectivity index (χ4v) is 3.87. The number of nitrogens with one attached hydrogen (secondary N) is 1. The van der Waals surface area contributed by atoms with Crippen LogP contribution in [0.15, 0.2) is 47.1 Å². The van der Waals surface area contributed by atoms with Gasteiger partial charge in [-0.25, -0.2) is 4.39 Å². The van der Waals surface area contributed by atoms with E-state index in [1.807, 2.05) is 0 Å². The third-order valence-corrected chi connectivity index (χ3v) is 5.29. The lowest BCUT2D eigenvalue weighted by molar-refractivity contribution is 0.0702. The zero-order valence-electron chi connectivity index (χ0n) is 14.1. The highest BCUT2D eigenvalue weighted by Gasteiger charge is 2.34. The van der Waals surface area contributed by atoms with Crippen LogP contribution in [-0.4, -0.2) is 33.5 Å². The van der Waals surface area contributed by atoms with E-state index in [4.69, 9.17) is 4.42 Å². The van der Waals surface area contributed by atoms with E-state index >= 15 is 0 Å². The maximum Gasteiger partial charge on any atom is 0.290 e. The number of nitrogens with zero attached hydrogens (tertiary/aromatic N) is 3. The van der Waals surface area contributed by atoms with Crippen LogP contribution >= 0.6 is 11.3 Å². The Morgan fingerprint density at radius 3 is 2.78 bits per heavy atom. The minimum atomic E-state index is -0.424. The first-order valence-electron chi connectivity index (χ1n) is 8.36. The van der Waals surface area contributed by atoms with Gasteiger partial charge < -0.3 is 14.6 Å². The fraction of sp³-hybridized carbons (Fsp3) is 0.222. The summed E-state index contributed by atoms with van der Waals surface area (Å²) < 4.78 is 18.2. The van der Waals surface area contributed by atoms with E-state index in [1.54, 1.807) is 17.0 Å². The van der Waals surface area contributed by atoms with Crippen LogP contribution in [0.5, 0.6) is 0 Å². The standard InChI is InChI=1S/C18H15FN4O3S/c19-11-5-7-12(8-6-11)20-15(24)17-22-21-16(27-17)13-3-1-9-23(13)18(25)14-4-2-10-26-14/h2,4-8,10,13H,1,3,9H2,(H,20,24). The summed E-state index contributed by atoms with van der Waals surface area (Å²) in [6, 6.07) is 8.52. The van der Waals surface area contributed by atoms with E-state index in [-0.39, 0.29) is 28.5 Å². The molecular formula is C18H15FN4O3S. The number of anilines is 1. The topological polar surface area (TPSA) is 88.3 Å². The molecule has 1 aliphatic heterocycles. The van der Waals surface area contributed by atoms with Crippen LogP contribution in [0.3, 0.4) is 0 Å². The van der Waals surface area contributed by atoms with Crippen molar-refractivity contribution in [3.05, 3.63) is 64.3 Å². The van der Waals surface area contributed by atoms with Gasteiger partial charge in [0.2, 0.25) is 5.01 Å². The van der Waals surface area contributed by atoms with Crippen molar-refractivity contribution in [1.29, 1.82) is 0 Å². The third-order valence-electron chi connectivity index (χ3n) is 4.27. The van der Waals surface area contributed by atoms with Crippen LogP contribution in [0.1, 0.15) is 44.2 Å². The lowest BCUT2D eigenvalue weighted by Crippen LogP contribution is -2.30. The smallest absolute Gasteiger partial charge is 0.290 e. The van der Waals surface area contributed by atoms with Gasteiger partial charge in [-0.05, 0) is 49.2 Å². The molecule has 3 heterocycles. The van der Waals surface area contributed by atoms with Crippen molar-refractivity contribution in [2.45, 2.75) is 18.9 Å². The fourth-order valence-electron chi connectivity index (χ4n) is 2.99. The molecule has 1 fully saturated rings. The summed E-state index contributed by atoms with van der Waals surface area (Å²) in [5, 5.41) is 11.5. The number of carbonyl (C=O) groups is 2. The molecule has 0 saturated carbocycles. The van der Waals surface area contributed by atoms with Crippen molar-refractivity contribution < 1.29 is 18.4 Å². The molecule has 0 bridgehead atoms. The number of amides is 2. The van der Waals surface area contributed by atoms with Gasteiger partial charge in [0.15, 0.2) is 5.76 Å². The summed E-state index contributed by atoms with van der Waals surface area (Å²) >= 11 is 1.15. The lowest BCUT2D eigenvalue weighted by Gasteiger charge is -2.21. The van der Waals surface area contributed by atoms with Crippen LogP contribution in [0.4, 0.5) is 10.1 Å². The van der Waals surface area contributed by atoms with Crippen molar-refractivity contribution in [2.75, 3.05) is 11.9 Å². The zero-order chi connectivity index (χ0) is 18.8. The number of likely N-dealkylation sites (tertiary alicyclic amines) is 1. The second-order valence-corrected chi connectivity index (χ2v) is 7.05. The normalized spacial score (nSPS) is 16.5. The quantitative estimate of drug-likeness (QED) is 0.741. The van der Waals surface area contributed by atoms with Gasteiger partial charge in [-0.2, -0.15) is 0 Å². The molecule has 0 spiro atoms. The second kappa shape index (κ2) is 7.28. The molecule has 3 aromatic rings. The van der Waals surface area contributed by atoms with Gasteiger partial charge in [-0.3, -0.25) is 9.59 Å². The summed E-state index contributed by atoms with van der Waals surface area (Å²) in [5.74, 6) is -0.725. The summed E-state index contributed by atoms with van der Waals surface area (Å²) in [6.07, 6.45) is 3.05. The van der Waals surface area contributed by atoms with Crippen LogP contribution in [0.25, 0.3) is 0 Å². The molecule has 0 aliphatic carbocycles. The van der Waals surface area contributed by atoms with Crippen LogP contribution < -0.4 is 5.32 Å². The number of furan rings is 1. The van der Waals surface area contributed by atoms with Crippen LogP contribution in [-0.2, 0) is 0 Å². The molecule has 1 N–H and O–H groups in total. The SMILES string of the molecule is O=C(Nc1ccc(F)cc1)c1nnc(C2CCCN2C(=O)c2ccco2)s1. The Morgan fingerprint density at radius 2 is 2.04 bits per heavy atom. The molecule has 138 valence electrons. The molecule has 2 aromatic heterocycles. The lowest BCUT2D eigenvalue weighted by atomic mass is 10.2. The minimum absolute atomic E-state index is 0.187. The van der Waals surface area contributed by atoms with Crippen molar-refractivity contribution in [3.8, 4) is 0 Å². The number of halogens is 1. The Labute approximate surface area is 157 Å². The Bertz CT molecular complexity index is 955. The average molecular weight is 386 g/mol. The van der Waals surface area contributed by atoms with Crippen LogP contribution in [0.2, 0.25) is 0 Å². The number of rotatable bonds is 4. The second-order valence-electron chi connectivity index (χ2n) is 6.04. The largest absolute Gasteiger partial charge is 0.459 e. The predicted octanol–water partition coefficient (Wildman–Crippen LogP) is 3.50. The Balaban J connectivity index is 1.48. The molecule has 7 nitrogen and oxygen atoms in total. The molecule has 1 aliphatic rings. The predicted molar refractivity (Wildman–Crippen MR) is 96.0 cm³/mol. The van der Waals surface area contributed by atoms with Gasteiger partial charge in [-0.1, -0.05) is 11.3 Å². The van der Waals surface area contributed by atoms with Gasteiger partial charge in [0.05, 0.1) is 12.3 Å². The van der Waals surface area contributed by atoms with Crippen molar-refractivity contribution >= 4 is 28.8 Å². The maximum atomic E-state index is 13.0.